The number of methoxy groups -OCH3 is 1. The number of nitrogens with zero attached hydrogens (tertiary/aromatic N) is 3. The van der Waals surface area contributed by atoms with Crippen molar-refractivity contribution in [1.29, 1.82) is 0 Å². The zero-order valence-electron chi connectivity index (χ0n) is 18.2. The minimum atomic E-state index is -0.869. The summed E-state index contributed by atoms with van der Waals surface area (Å²) in [6.07, 6.45) is 3.54. The van der Waals surface area contributed by atoms with E-state index in [1.165, 1.54) is 0 Å². The fourth-order valence-electron chi connectivity index (χ4n) is 5.76. The number of carbonyl (C=O) groups is 4. The molecule has 1 aromatic rings. The van der Waals surface area contributed by atoms with E-state index >= 15 is 0 Å². The molecule has 9 nitrogen and oxygen atoms in total. The summed E-state index contributed by atoms with van der Waals surface area (Å²) < 4.78 is 5.12. The molecule has 4 fully saturated rings. The highest BCUT2D eigenvalue weighted by Crippen LogP contribution is 2.38. The third-order valence-corrected chi connectivity index (χ3v) is 7.26. The van der Waals surface area contributed by atoms with E-state index in [1.807, 2.05) is 9.80 Å². The van der Waals surface area contributed by atoms with Crippen LogP contribution >= 0.6 is 0 Å². The fraction of sp³-hybridized carbons (Fsp3) is 0.565. The highest BCUT2D eigenvalue weighted by atomic mass is 16.5. The van der Waals surface area contributed by atoms with E-state index in [1.54, 1.807) is 31.4 Å². The van der Waals surface area contributed by atoms with Crippen LogP contribution in [0.25, 0.3) is 0 Å². The van der Waals surface area contributed by atoms with Crippen molar-refractivity contribution >= 4 is 29.4 Å². The summed E-state index contributed by atoms with van der Waals surface area (Å²) in [5, 5.41) is 2.66. The lowest BCUT2D eigenvalue weighted by molar-refractivity contribution is -0.149. The summed E-state index contributed by atoms with van der Waals surface area (Å²) in [6.45, 7) is 1.93. The molecule has 4 saturated heterocycles. The van der Waals surface area contributed by atoms with Crippen LogP contribution in [0.1, 0.15) is 32.1 Å². The summed E-state index contributed by atoms with van der Waals surface area (Å²) in [6, 6.07) is 5.48. The van der Waals surface area contributed by atoms with Gasteiger partial charge in [-0.05, 0) is 55.4 Å². The van der Waals surface area contributed by atoms with Gasteiger partial charge in [-0.3, -0.25) is 14.4 Å². The Labute approximate surface area is 186 Å². The van der Waals surface area contributed by atoms with Crippen molar-refractivity contribution in [3.05, 3.63) is 24.3 Å². The van der Waals surface area contributed by atoms with Gasteiger partial charge in [0.2, 0.25) is 11.8 Å². The third-order valence-electron chi connectivity index (χ3n) is 7.26. The van der Waals surface area contributed by atoms with Crippen LogP contribution in [-0.4, -0.2) is 72.4 Å². The van der Waals surface area contributed by atoms with Crippen LogP contribution in [0.2, 0.25) is 0 Å². The normalized spacial score (nSPS) is 29.7. The molecule has 0 radical (unpaired) electrons. The number of imide groups is 1. The first-order valence-electron chi connectivity index (χ1n) is 11.3. The minimum absolute atomic E-state index is 0.0516. The number of piperidine rings is 3. The first-order chi connectivity index (χ1) is 15.4. The van der Waals surface area contributed by atoms with Crippen molar-refractivity contribution in [2.75, 3.05) is 31.6 Å². The lowest BCUT2D eigenvalue weighted by atomic mass is 9.76. The second kappa shape index (κ2) is 8.11. The zero-order chi connectivity index (χ0) is 22.4. The Morgan fingerprint density at radius 1 is 1.12 bits per heavy atom. The van der Waals surface area contributed by atoms with Gasteiger partial charge < -0.3 is 19.9 Å². The monoisotopic (exact) mass is 440 g/mol. The van der Waals surface area contributed by atoms with Crippen LogP contribution in [0.4, 0.5) is 10.5 Å². The number of hydrogen-bond acceptors (Lipinski definition) is 5. The maximum Gasteiger partial charge on any atom is 0.329 e. The second-order valence-electron chi connectivity index (χ2n) is 9.24. The van der Waals surface area contributed by atoms with Crippen LogP contribution in [0.3, 0.4) is 0 Å². The molecule has 0 unspecified atom stereocenters. The molecule has 4 atom stereocenters. The summed E-state index contributed by atoms with van der Waals surface area (Å²) in [5.74, 6) is 0.899. The summed E-state index contributed by atoms with van der Waals surface area (Å²) in [5.41, 5.74) is 0.442. The van der Waals surface area contributed by atoms with Crippen molar-refractivity contribution in [2.24, 2.45) is 11.8 Å². The predicted octanol–water partition coefficient (Wildman–Crippen LogP) is 1.37. The maximum atomic E-state index is 13.1. The van der Waals surface area contributed by atoms with E-state index < -0.39 is 18.0 Å². The van der Waals surface area contributed by atoms with Crippen LogP contribution in [0.5, 0.6) is 5.75 Å². The van der Waals surface area contributed by atoms with Gasteiger partial charge in [-0.15, -0.1) is 0 Å². The van der Waals surface area contributed by atoms with E-state index in [2.05, 4.69) is 5.32 Å². The summed E-state index contributed by atoms with van der Waals surface area (Å²) >= 11 is 0. The Morgan fingerprint density at radius 3 is 2.66 bits per heavy atom. The summed E-state index contributed by atoms with van der Waals surface area (Å²) in [7, 11) is 1.54. The van der Waals surface area contributed by atoms with Crippen molar-refractivity contribution in [3.8, 4) is 5.75 Å². The number of amides is 5. The van der Waals surface area contributed by atoms with Crippen molar-refractivity contribution in [2.45, 2.75) is 44.2 Å². The van der Waals surface area contributed by atoms with Gasteiger partial charge in [-0.1, -0.05) is 0 Å². The van der Waals surface area contributed by atoms with Crippen LogP contribution < -0.4 is 15.0 Å². The predicted molar refractivity (Wildman–Crippen MR) is 115 cm³/mol. The Bertz CT molecular complexity index is 948. The lowest BCUT2D eigenvalue weighted by Gasteiger charge is -2.52. The van der Waals surface area contributed by atoms with Gasteiger partial charge in [-0.2, -0.15) is 0 Å². The first-order valence-corrected chi connectivity index (χ1v) is 11.3. The molecule has 0 spiro atoms. The molecule has 9 heteroatoms. The first kappa shape index (κ1) is 20.8. The molecule has 0 saturated carbocycles. The van der Waals surface area contributed by atoms with Crippen molar-refractivity contribution in [1.82, 2.24) is 15.1 Å². The summed E-state index contributed by atoms with van der Waals surface area (Å²) in [4.78, 5) is 55.7. The number of anilines is 1. The van der Waals surface area contributed by atoms with Gasteiger partial charge in [0.1, 0.15) is 11.8 Å². The maximum absolute atomic E-state index is 13.1. The van der Waals surface area contributed by atoms with E-state index in [0.717, 1.165) is 24.2 Å². The van der Waals surface area contributed by atoms with E-state index in [9.17, 15) is 19.2 Å². The molecule has 4 aliphatic heterocycles. The quantitative estimate of drug-likeness (QED) is 0.713. The number of benzene rings is 1. The smallest absolute Gasteiger partial charge is 0.329 e. The van der Waals surface area contributed by atoms with Gasteiger partial charge in [-0.25, -0.2) is 9.69 Å². The Kier molecular flexibility index (Phi) is 5.27. The number of hydrogen-bond donors (Lipinski definition) is 1. The molecule has 5 rings (SSSR count). The van der Waals surface area contributed by atoms with Gasteiger partial charge in [0.15, 0.2) is 0 Å². The highest BCUT2D eigenvalue weighted by Gasteiger charge is 2.46. The highest BCUT2D eigenvalue weighted by molar-refractivity contribution is 6.22. The molecule has 4 heterocycles. The number of fused-ring (bicyclic) bond motifs is 4. The fourth-order valence-corrected chi connectivity index (χ4v) is 5.76. The second-order valence-corrected chi connectivity index (χ2v) is 9.24. The molecular formula is C23H28N4O5. The minimum Gasteiger partial charge on any atom is -0.497 e. The standard InChI is InChI=1S/C23H28N4O5/c1-32-17-7-5-16(6-8-17)27-22(30)18(24-23(27)31)10-21(29)25-11-14-9-15(13-25)19-3-2-4-20(28)26(19)12-14/h5-8,14-15,18-19H,2-4,9-13H2,1H3,(H,24,31)/t14-,15+,18+,19+/m1/s1. The molecule has 0 aromatic heterocycles. The van der Waals surface area contributed by atoms with Crippen LogP contribution in [0.15, 0.2) is 24.3 Å². The number of carbonyl (C=O) groups excluding carboxylic acids is 4. The Hall–Kier alpha value is -3.10. The number of rotatable bonds is 4. The number of ether oxygens (including phenoxy) is 1. The van der Waals surface area contributed by atoms with Crippen molar-refractivity contribution in [3.63, 3.8) is 0 Å². The number of nitrogens with one attached hydrogen (secondary N) is 1. The Morgan fingerprint density at radius 2 is 1.91 bits per heavy atom. The van der Waals surface area contributed by atoms with Crippen molar-refractivity contribution < 1.29 is 23.9 Å². The zero-order valence-corrected chi connectivity index (χ0v) is 18.2. The molecule has 0 aliphatic carbocycles. The number of likely N-dealkylation sites (tertiary alicyclic amines) is 1. The molecule has 5 amide bonds. The largest absolute Gasteiger partial charge is 0.497 e. The van der Waals surface area contributed by atoms with Gasteiger partial charge in [0.25, 0.3) is 5.91 Å². The van der Waals surface area contributed by atoms with E-state index in [-0.39, 0.29) is 30.2 Å². The molecule has 1 N–H and O–H groups in total. The van der Waals surface area contributed by atoms with E-state index in [0.29, 0.717) is 43.4 Å². The molecule has 2 bridgehead atoms. The lowest BCUT2D eigenvalue weighted by Crippen LogP contribution is -2.61. The average molecular weight is 441 g/mol. The topological polar surface area (TPSA) is 99.3 Å². The van der Waals surface area contributed by atoms with Crippen LogP contribution in [-0.2, 0) is 14.4 Å². The molecule has 1 aromatic carbocycles. The van der Waals surface area contributed by atoms with Gasteiger partial charge in [0.05, 0.1) is 19.2 Å². The Balaban J connectivity index is 1.24. The molecule has 170 valence electrons. The average Bonchev–Trinajstić information content (AvgIpc) is 3.07. The molecule has 4 aliphatic rings. The third kappa shape index (κ3) is 3.59. The molecule has 32 heavy (non-hydrogen) atoms. The van der Waals surface area contributed by atoms with Gasteiger partial charge >= 0.3 is 6.03 Å². The number of urea groups is 1. The molecular weight excluding hydrogens is 412 g/mol. The van der Waals surface area contributed by atoms with E-state index in [4.69, 9.17) is 4.74 Å². The SMILES string of the molecule is COc1ccc(N2C(=O)N[C@@H](CC(=O)N3C[C@H]4C[C@@H](C3)[C@@H]3CCCC(=O)N3C4)C2=O)cc1. The van der Waals surface area contributed by atoms with Crippen LogP contribution in [0, 0.1) is 11.8 Å². The van der Waals surface area contributed by atoms with Gasteiger partial charge in [0, 0.05) is 32.1 Å².